The topological polar surface area (TPSA) is 118 Å². The van der Waals surface area contributed by atoms with Gasteiger partial charge in [0.1, 0.15) is 16.6 Å². The average Bonchev–Trinajstić information content (AvgIpc) is 3.24. The van der Waals surface area contributed by atoms with Gasteiger partial charge < -0.3 is 10.1 Å². The number of nitriles is 1. The Morgan fingerprint density at radius 1 is 1.24 bits per heavy atom. The van der Waals surface area contributed by atoms with Gasteiger partial charge in [0.05, 0.1) is 23.3 Å². The Hall–Kier alpha value is -4.03. The van der Waals surface area contributed by atoms with Crippen LogP contribution in [-0.4, -0.2) is 23.0 Å². The summed E-state index contributed by atoms with van der Waals surface area (Å²) >= 11 is 1.30. The quantitative estimate of drug-likeness (QED) is 0.277. The molecule has 3 rings (SSSR count). The second-order valence-corrected chi connectivity index (χ2v) is 6.58. The first kappa shape index (κ1) is 19.7. The van der Waals surface area contributed by atoms with Crippen molar-refractivity contribution < 1.29 is 14.5 Å². The van der Waals surface area contributed by atoms with Crippen LogP contribution in [0.3, 0.4) is 0 Å². The third-order valence-corrected chi connectivity index (χ3v) is 4.79. The normalized spacial score (nSPS) is 10.8. The Bertz CT molecular complexity index is 1110. The predicted octanol–water partition coefficient (Wildman–Crippen LogP) is 4.48. The molecule has 0 atom stereocenters. The van der Waals surface area contributed by atoms with E-state index in [1.165, 1.54) is 36.8 Å². The van der Waals surface area contributed by atoms with Gasteiger partial charge in [0.15, 0.2) is 0 Å². The zero-order chi connectivity index (χ0) is 20.8. The van der Waals surface area contributed by atoms with Crippen molar-refractivity contribution in [1.82, 2.24) is 4.98 Å². The zero-order valence-corrected chi connectivity index (χ0v) is 16.0. The van der Waals surface area contributed by atoms with E-state index in [1.54, 1.807) is 41.8 Å². The van der Waals surface area contributed by atoms with Gasteiger partial charge in [-0.1, -0.05) is 0 Å². The van der Waals surface area contributed by atoms with Crippen LogP contribution in [0.5, 0.6) is 0 Å². The SMILES string of the molecule is COC(=O)c1ccc(NC=C(C#N)c2nc(-c3ccc([N+](=O)[O-])cc3)cs2)cc1. The van der Waals surface area contributed by atoms with Gasteiger partial charge in [-0.25, -0.2) is 9.78 Å². The van der Waals surface area contributed by atoms with Gasteiger partial charge in [-0.3, -0.25) is 10.1 Å². The van der Waals surface area contributed by atoms with Gasteiger partial charge in [0, 0.05) is 35.0 Å². The molecule has 0 amide bonds. The van der Waals surface area contributed by atoms with Crippen LogP contribution >= 0.6 is 11.3 Å². The number of nitro benzene ring substituents is 1. The monoisotopic (exact) mass is 406 g/mol. The first-order chi connectivity index (χ1) is 14.0. The third kappa shape index (κ3) is 4.63. The number of non-ortho nitro benzene ring substituents is 1. The number of hydrogen-bond acceptors (Lipinski definition) is 8. The number of nitrogens with one attached hydrogen (secondary N) is 1. The molecule has 1 heterocycles. The largest absolute Gasteiger partial charge is 0.465 e. The minimum absolute atomic E-state index is 0.00392. The number of nitrogens with zero attached hydrogens (tertiary/aromatic N) is 3. The Balaban J connectivity index is 1.76. The van der Waals surface area contributed by atoms with Crippen LogP contribution < -0.4 is 5.32 Å². The van der Waals surface area contributed by atoms with Crippen molar-refractivity contribution in [2.75, 3.05) is 12.4 Å². The Morgan fingerprint density at radius 3 is 2.52 bits per heavy atom. The molecule has 0 aliphatic heterocycles. The molecule has 9 heteroatoms. The van der Waals surface area contributed by atoms with E-state index >= 15 is 0 Å². The highest BCUT2D eigenvalue weighted by Gasteiger charge is 2.11. The van der Waals surface area contributed by atoms with Crippen molar-refractivity contribution in [3.05, 3.63) is 80.8 Å². The maximum absolute atomic E-state index is 11.5. The van der Waals surface area contributed by atoms with Gasteiger partial charge in [0.2, 0.25) is 0 Å². The van der Waals surface area contributed by atoms with E-state index < -0.39 is 10.9 Å². The number of esters is 1. The minimum Gasteiger partial charge on any atom is -0.465 e. The van der Waals surface area contributed by atoms with Gasteiger partial charge in [0.25, 0.3) is 5.69 Å². The number of carbonyl (C=O) groups excluding carboxylic acids is 1. The van der Waals surface area contributed by atoms with Crippen molar-refractivity contribution in [2.24, 2.45) is 0 Å². The number of ether oxygens (including phenoxy) is 1. The lowest BCUT2D eigenvalue weighted by Gasteiger charge is -2.03. The summed E-state index contributed by atoms with van der Waals surface area (Å²) in [5.74, 6) is -0.425. The maximum Gasteiger partial charge on any atom is 0.337 e. The number of carbonyl (C=O) groups is 1. The number of methoxy groups -OCH3 is 1. The molecule has 1 N–H and O–H groups in total. The molecule has 0 spiro atoms. The zero-order valence-electron chi connectivity index (χ0n) is 15.2. The highest BCUT2D eigenvalue weighted by atomic mass is 32.1. The number of anilines is 1. The Morgan fingerprint density at radius 2 is 1.93 bits per heavy atom. The summed E-state index contributed by atoms with van der Waals surface area (Å²) in [6.07, 6.45) is 1.53. The van der Waals surface area contributed by atoms with Crippen LogP contribution in [0.4, 0.5) is 11.4 Å². The van der Waals surface area contributed by atoms with Crippen LogP contribution in [0.2, 0.25) is 0 Å². The molecular formula is C20H14N4O4S. The molecule has 1 aromatic heterocycles. The Kier molecular flexibility index (Phi) is 5.97. The number of rotatable bonds is 6. The van der Waals surface area contributed by atoms with E-state index in [1.807, 2.05) is 0 Å². The fraction of sp³-hybridized carbons (Fsp3) is 0.0500. The summed E-state index contributed by atoms with van der Waals surface area (Å²) in [4.78, 5) is 26.2. The van der Waals surface area contributed by atoms with Crippen molar-refractivity contribution in [1.29, 1.82) is 5.26 Å². The highest BCUT2D eigenvalue weighted by Crippen LogP contribution is 2.27. The fourth-order valence-corrected chi connectivity index (χ4v) is 3.20. The van der Waals surface area contributed by atoms with E-state index in [0.717, 1.165) is 5.56 Å². The molecule has 0 saturated heterocycles. The molecule has 0 aliphatic rings. The molecule has 0 aliphatic carbocycles. The summed E-state index contributed by atoms with van der Waals surface area (Å²) in [6, 6.07) is 14.8. The summed E-state index contributed by atoms with van der Waals surface area (Å²) < 4.78 is 4.65. The smallest absolute Gasteiger partial charge is 0.337 e. The number of aromatic nitrogens is 1. The van der Waals surface area contributed by atoms with E-state index in [0.29, 0.717) is 27.5 Å². The number of benzene rings is 2. The van der Waals surface area contributed by atoms with Crippen LogP contribution in [-0.2, 0) is 4.74 Å². The standard InChI is InChI=1S/C20H14N4O4S/c1-28-20(25)14-2-6-16(7-3-14)22-11-15(10-21)19-23-18(12-29-19)13-4-8-17(9-5-13)24(26)27/h2-9,11-12,22H,1H3. The van der Waals surface area contributed by atoms with Crippen LogP contribution in [0.25, 0.3) is 16.8 Å². The number of nitro groups is 1. The van der Waals surface area contributed by atoms with Crippen molar-refractivity contribution >= 4 is 34.3 Å². The lowest BCUT2D eigenvalue weighted by Crippen LogP contribution is -2.00. The number of allylic oxidation sites excluding steroid dienone is 1. The summed E-state index contributed by atoms with van der Waals surface area (Å²) in [6.45, 7) is 0. The predicted molar refractivity (Wildman–Crippen MR) is 109 cm³/mol. The molecule has 0 saturated carbocycles. The second kappa shape index (κ2) is 8.77. The van der Waals surface area contributed by atoms with Crippen LogP contribution in [0, 0.1) is 21.4 Å². The first-order valence-electron chi connectivity index (χ1n) is 8.27. The summed E-state index contributed by atoms with van der Waals surface area (Å²) in [5, 5.41) is 25.5. The van der Waals surface area contributed by atoms with E-state index in [9.17, 15) is 20.2 Å². The molecule has 8 nitrogen and oxygen atoms in total. The summed E-state index contributed by atoms with van der Waals surface area (Å²) in [5.41, 5.74) is 2.81. The van der Waals surface area contributed by atoms with Crippen molar-refractivity contribution in [2.45, 2.75) is 0 Å². The molecule has 3 aromatic rings. The molecule has 0 bridgehead atoms. The van der Waals surface area contributed by atoms with Crippen molar-refractivity contribution in [3.8, 4) is 17.3 Å². The molecule has 2 aromatic carbocycles. The molecule has 29 heavy (non-hydrogen) atoms. The summed E-state index contributed by atoms with van der Waals surface area (Å²) in [7, 11) is 1.31. The molecule has 0 unspecified atom stereocenters. The van der Waals surface area contributed by atoms with E-state index in [4.69, 9.17) is 0 Å². The second-order valence-electron chi connectivity index (χ2n) is 5.72. The average molecular weight is 406 g/mol. The third-order valence-electron chi connectivity index (χ3n) is 3.92. The van der Waals surface area contributed by atoms with E-state index in [2.05, 4.69) is 21.1 Å². The number of thiazole rings is 1. The van der Waals surface area contributed by atoms with Crippen LogP contribution in [0.1, 0.15) is 15.4 Å². The molecular weight excluding hydrogens is 392 g/mol. The van der Waals surface area contributed by atoms with Gasteiger partial charge >= 0.3 is 5.97 Å². The van der Waals surface area contributed by atoms with Gasteiger partial charge in [-0.2, -0.15) is 5.26 Å². The maximum atomic E-state index is 11.5. The van der Waals surface area contributed by atoms with Gasteiger partial charge in [-0.05, 0) is 36.4 Å². The molecule has 0 radical (unpaired) electrons. The Labute approximate surface area is 169 Å². The lowest BCUT2D eigenvalue weighted by molar-refractivity contribution is -0.384. The van der Waals surface area contributed by atoms with Crippen molar-refractivity contribution in [3.63, 3.8) is 0 Å². The lowest BCUT2D eigenvalue weighted by atomic mass is 10.1. The highest BCUT2D eigenvalue weighted by molar-refractivity contribution is 7.11. The van der Waals surface area contributed by atoms with Gasteiger partial charge in [-0.15, -0.1) is 11.3 Å². The first-order valence-corrected chi connectivity index (χ1v) is 9.15. The van der Waals surface area contributed by atoms with Crippen LogP contribution in [0.15, 0.2) is 60.1 Å². The minimum atomic E-state index is -0.462. The fourth-order valence-electron chi connectivity index (χ4n) is 2.40. The molecule has 144 valence electrons. The number of hydrogen-bond donors (Lipinski definition) is 1. The molecule has 0 fully saturated rings. The van der Waals surface area contributed by atoms with E-state index in [-0.39, 0.29) is 5.69 Å².